The summed E-state index contributed by atoms with van der Waals surface area (Å²) in [5.41, 5.74) is 1.05. The quantitative estimate of drug-likeness (QED) is 0.870. The molecule has 84 valence electrons. The predicted octanol–water partition coefficient (Wildman–Crippen LogP) is 2.10. The lowest BCUT2D eigenvalue weighted by atomic mass is 10.1. The van der Waals surface area contributed by atoms with Gasteiger partial charge in [0.15, 0.2) is 0 Å². The van der Waals surface area contributed by atoms with E-state index in [4.69, 9.17) is 5.26 Å². The molecule has 16 heavy (non-hydrogen) atoms. The number of hydrogen-bond acceptors (Lipinski definition) is 3. The normalized spacial score (nSPS) is 23.9. The summed E-state index contributed by atoms with van der Waals surface area (Å²) >= 11 is 1.60. The fourth-order valence-corrected chi connectivity index (χ4v) is 2.79. The highest BCUT2D eigenvalue weighted by Crippen LogP contribution is 2.24. The first-order chi connectivity index (χ1) is 7.79. The summed E-state index contributed by atoms with van der Waals surface area (Å²) in [6.45, 7) is 0. The molecule has 1 aliphatic carbocycles. The van der Waals surface area contributed by atoms with Crippen LogP contribution in [0.4, 0.5) is 0 Å². The smallest absolute Gasteiger partial charge is 0.224 e. The minimum atomic E-state index is 0.00595. The summed E-state index contributed by atoms with van der Waals surface area (Å²) in [5, 5.41) is 15.8. The summed E-state index contributed by atoms with van der Waals surface area (Å²) in [7, 11) is 0. The molecule has 1 N–H and O–H groups in total. The molecule has 1 aromatic rings. The third kappa shape index (κ3) is 2.61. The second kappa shape index (κ2) is 5.13. The number of amides is 1. The highest BCUT2D eigenvalue weighted by molar-refractivity contribution is 7.07. The molecule has 1 fully saturated rings. The van der Waals surface area contributed by atoms with Crippen molar-refractivity contribution in [3.8, 4) is 6.07 Å². The second-order valence-corrected chi connectivity index (χ2v) is 4.93. The van der Waals surface area contributed by atoms with Crippen molar-refractivity contribution >= 4 is 17.2 Å². The van der Waals surface area contributed by atoms with Gasteiger partial charge in [-0.2, -0.15) is 16.6 Å². The van der Waals surface area contributed by atoms with E-state index in [1.165, 1.54) is 0 Å². The Bertz CT molecular complexity index is 394. The SMILES string of the molecule is N#CC1CCCC1NC(=O)Cc1ccsc1. The van der Waals surface area contributed by atoms with Crippen LogP contribution in [0.25, 0.3) is 0 Å². The largest absolute Gasteiger partial charge is 0.352 e. The monoisotopic (exact) mass is 234 g/mol. The molecule has 0 saturated heterocycles. The highest BCUT2D eigenvalue weighted by atomic mass is 32.1. The van der Waals surface area contributed by atoms with E-state index < -0.39 is 0 Å². The van der Waals surface area contributed by atoms with Gasteiger partial charge in [0.1, 0.15) is 0 Å². The van der Waals surface area contributed by atoms with Gasteiger partial charge in [-0.15, -0.1) is 0 Å². The zero-order valence-corrected chi connectivity index (χ0v) is 9.80. The van der Waals surface area contributed by atoms with Crippen molar-refractivity contribution in [2.75, 3.05) is 0 Å². The Morgan fingerprint density at radius 1 is 1.62 bits per heavy atom. The van der Waals surface area contributed by atoms with Crippen LogP contribution in [0.2, 0.25) is 0 Å². The molecule has 1 heterocycles. The Hall–Kier alpha value is -1.34. The maximum atomic E-state index is 11.7. The van der Waals surface area contributed by atoms with Gasteiger partial charge in [0.2, 0.25) is 5.91 Å². The fraction of sp³-hybridized carbons (Fsp3) is 0.500. The molecule has 2 atom stereocenters. The number of carbonyl (C=O) groups is 1. The number of nitrogens with zero attached hydrogens (tertiary/aromatic N) is 1. The molecule has 1 aliphatic rings. The fourth-order valence-electron chi connectivity index (χ4n) is 2.12. The van der Waals surface area contributed by atoms with Gasteiger partial charge in [-0.1, -0.05) is 0 Å². The molecule has 0 aliphatic heterocycles. The van der Waals surface area contributed by atoms with Gasteiger partial charge in [-0.3, -0.25) is 4.79 Å². The lowest BCUT2D eigenvalue weighted by Gasteiger charge is -2.15. The Morgan fingerprint density at radius 3 is 3.19 bits per heavy atom. The third-order valence-corrected chi connectivity index (χ3v) is 3.70. The van der Waals surface area contributed by atoms with E-state index in [9.17, 15) is 4.79 Å². The second-order valence-electron chi connectivity index (χ2n) is 4.15. The van der Waals surface area contributed by atoms with Gasteiger partial charge in [0.25, 0.3) is 0 Å². The van der Waals surface area contributed by atoms with E-state index in [0.717, 1.165) is 24.8 Å². The molecule has 4 heteroatoms. The number of hydrogen-bond donors (Lipinski definition) is 1. The first-order valence-corrected chi connectivity index (χ1v) is 6.44. The van der Waals surface area contributed by atoms with Crippen molar-refractivity contribution in [1.29, 1.82) is 5.26 Å². The molecule has 3 nitrogen and oxygen atoms in total. The van der Waals surface area contributed by atoms with Crippen molar-refractivity contribution in [1.82, 2.24) is 5.32 Å². The van der Waals surface area contributed by atoms with E-state index >= 15 is 0 Å². The van der Waals surface area contributed by atoms with E-state index in [1.807, 2.05) is 16.8 Å². The summed E-state index contributed by atoms with van der Waals surface area (Å²) < 4.78 is 0. The average Bonchev–Trinajstić information content (AvgIpc) is 2.88. The van der Waals surface area contributed by atoms with Crippen molar-refractivity contribution in [2.24, 2.45) is 5.92 Å². The highest BCUT2D eigenvalue weighted by Gasteiger charge is 2.28. The molecule has 0 bridgehead atoms. The molecule has 2 rings (SSSR count). The number of rotatable bonds is 3. The summed E-state index contributed by atoms with van der Waals surface area (Å²) in [6, 6.07) is 4.29. The van der Waals surface area contributed by atoms with Crippen molar-refractivity contribution in [3.63, 3.8) is 0 Å². The van der Waals surface area contributed by atoms with Crippen LogP contribution in [-0.2, 0) is 11.2 Å². The standard InChI is InChI=1S/C12H14N2OS/c13-7-10-2-1-3-11(10)14-12(15)6-9-4-5-16-8-9/h4-5,8,10-11H,1-3,6H2,(H,14,15). The van der Waals surface area contributed by atoms with Crippen LogP contribution < -0.4 is 5.32 Å². The van der Waals surface area contributed by atoms with Crippen LogP contribution >= 0.6 is 11.3 Å². The topological polar surface area (TPSA) is 52.9 Å². The number of carbonyl (C=O) groups excluding carboxylic acids is 1. The van der Waals surface area contributed by atoms with Crippen molar-refractivity contribution in [3.05, 3.63) is 22.4 Å². The Kier molecular flexibility index (Phi) is 3.58. The van der Waals surface area contributed by atoms with E-state index in [-0.39, 0.29) is 17.9 Å². The Morgan fingerprint density at radius 2 is 2.50 bits per heavy atom. The van der Waals surface area contributed by atoms with Crippen LogP contribution in [0.1, 0.15) is 24.8 Å². The third-order valence-electron chi connectivity index (χ3n) is 2.97. The van der Waals surface area contributed by atoms with Gasteiger partial charge >= 0.3 is 0 Å². The molecular weight excluding hydrogens is 220 g/mol. The first-order valence-electron chi connectivity index (χ1n) is 5.49. The Labute approximate surface area is 99.1 Å². The predicted molar refractivity (Wildman–Crippen MR) is 62.9 cm³/mol. The van der Waals surface area contributed by atoms with E-state index in [0.29, 0.717) is 6.42 Å². The molecule has 1 aromatic heterocycles. The zero-order valence-electron chi connectivity index (χ0n) is 8.98. The molecule has 2 unspecified atom stereocenters. The van der Waals surface area contributed by atoms with Crippen LogP contribution in [0.15, 0.2) is 16.8 Å². The summed E-state index contributed by atoms with van der Waals surface area (Å²) in [5.74, 6) is 0.0389. The van der Waals surface area contributed by atoms with Gasteiger partial charge in [-0.25, -0.2) is 0 Å². The first kappa shape index (κ1) is 11.2. The van der Waals surface area contributed by atoms with Crippen LogP contribution in [-0.4, -0.2) is 11.9 Å². The minimum Gasteiger partial charge on any atom is -0.352 e. The van der Waals surface area contributed by atoms with Crippen molar-refractivity contribution < 1.29 is 4.79 Å². The number of nitrogens with one attached hydrogen (secondary N) is 1. The summed E-state index contributed by atoms with van der Waals surface area (Å²) in [4.78, 5) is 11.7. The zero-order chi connectivity index (χ0) is 11.4. The van der Waals surface area contributed by atoms with Gasteiger partial charge < -0.3 is 5.32 Å². The van der Waals surface area contributed by atoms with Gasteiger partial charge in [0.05, 0.1) is 18.4 Å². The van der Waals surface area contributed by atoms with Crippen LogP contribution in [0.5, 0.6) is 0 Å². The average molecular weight is 234 g/mol. The Balaban J connectivity index is 1.86. The lowest BCUT2D eigenvalue weighted by molar-refractivity contribution is -0.121. The number of thiophene rings is 1. The molecule has 0 spiro atoms. The van der Waals surface area contributed by atoms with Crippen LogP contribution in [0.3, 0.4) is 0 Å². The van der Waals surface area contributed by atoms with Crippen molar-refractivity contribution in [2.45, 2.75) is 31.7 Å². The molecule has 0 radical (unpaired) electrons. The maximum absolute atomic E-state index is 11.7. The van der Waals surface area contributed by atoms with Crippen LogP contribution in [0, 0.1) is 17.2 Å². The lowest BCUT2D eigenvalue weighted by Crippen LogP contribution is -2.37. The van der Waals surface area contributed by atoms with E-state index in [2.05, 4.69) is 11.4 Å². The molecular formula is C12H14N2OS. The van der Waals surface area contributed by atoms with E-state index in [1.54, 1.807) is 11.3 Å². The molecule has 1 amide bonds. The van der Waals surface area contributed by atoms with Gasteiger partial charge in [-0.05, 0) is 41.7 Å². The summed E-state index contributed by atoms with van der Waals surface area (Å²) in [6.07, 6.45) is 3.33. The minimum absolute atomic E-state index is 0.00595. The molecule has 1 saturated carbocycles. The van der Waals surface area contributed by atoms with Gasteiger partial charge in [0, 0.05) is 6.04 Å². The maximum Gasteiger partial charge on any atom is 0.224 e. The number of nitriles is 1. The molecule has 0 aromatic carbocycles.